The molecular formula is C7H13N5. The maximum Gasteiger partial charge on any atom is 0.162 e. The van der Waals surface area contributed by atoms with E-state index in [1.807, 2.05) is 0 Å². The number of aromatic nitrogens is 4. The summed E-state index contributed by atoms with van der Waals surface area (Å²) in [7, 11) is 2.14. The number of rotatable bonds is 1. The van der Waals surface area contributed by atoms with E-state index in [0.29, 0.717) is 6.04 Å². The van der Waals surface area contributed by atoms with Crippen LogP contribution in [0.25, 0.3) is 0 Å². The lowest BCUT2D eigenvalue weighted by Gasteiger charge is -2.27. The number of likely N-dealkylation sites (tertiary alicyclic amines) is 1. The molecule has 0 aromatic carbocycles. The summed E-state index contributed by atoms with van der Waals surface area (Å²) in [4.78, 5) is 4.06. The summed E-state index contributed by atoms with van der Waals surface area (Å²) in [6.45, 7) is 2.26. The summed E-state index contributed by atoms with van der Waals surface area (Å²) >= 11 is 0. The van der Waals surface area contributed by atoms with E-state index in [9.17, 15) is 0 Å². The lowest BCUT2D eigenvalue weighted by molar-refractivity contribution is 0.199. The van der Waals surface area contributed by atoms with E-state index in [1.165, 1.54) is 6.33 Å². The van der Waals surface area contributed by atoms with Crippen molar-refractivity contribution in [2.45, 2.75) is 18.9 Å². The highest BCUT2D eigenvalue weighted by atomic mass is 15.6. The van der Waals surface area contributed by atoms with Crippen molar-refractivity contribution in [1.29, 1.82) is 0 Å². The molecule has 5 heteroatoms. The zero-order valence-electron chi connectivity index (χ0n) is 7.22. The average Bonchev–Trinajstić information content (AvgIpc) is 2.58. The van der Waals surface area contributed by atoms with Crippen LogP contribution in [0.15, 0.2) is 6.33 Å². The van der Waals surface area contributed by atoms with E-state index in [-0.39, 0.29) is 0 Å². The topological polar surface area (TPSA) is 46.8 Å². The van der Waals surface area contributed by atoms with Crippen LogP contribution in [-0.2, 0) is 0 Å². The number of piperidine rings is 1. The molecule has 0 bridgehead atoms. The van der Waals surface area contributed by atoms with Crippen LogP contribution >= 0.6 is 0 Å². The van der Waals surface area contributed by atoms with Gasteiger partial charge in [0.05, 0.1) is 6.04 Å². The summed E-state index contributed by atoms with van der Waals surface area (Å²) in [5, 5.41) is 11.6. The third kappa shape index (κ3) is 1.45. The Balaban J connectivity index is 1.99. The van der Waals surface area contributed by atoms with Crippen LogP contribution < -0.4 is 0 Å². The number of hydrogen-bond acceptors (Lipinski definition) is 4. The van der Waals surface area contributed by atoms with E-state index >= 15 is 0 Å². The van der Waals surface area contributed by atoms with Gasteiger partial charge in [-0.25, -0.2) is 0 Å². The number of nitrogens with zero attached hydrogens (tertiary/aromatic N) is 5. The van der Waals surface area contributed by atoms with Gasteiger partial charge in [0, 0.05) is 0 Å². The maximum atomic E-state index is 4.04. The Labute approximate surface area is 71.4 Å². The van der Waals surface area contributed by atoms with Gasteiger partial charge in [-0.2, -0.15) is 4.80 Å². The molecule has 0 amide bonds. The van der Waals surface area contributed by atoms with Gasteiger partial charge in [0.1, 0.15) is 0 Å². The first-order valence-corrected chi connectivity index (χ1v) is 4.27. The minimum Gasteiger partial charge on any atom is -0.306 e. The summed E-state index contributed by atoms with van der Waals surface area (Å²) in [6.07, 6.45) is 3.76. The zero-order valence-corrected chi connectivity index (χ0v) is 7.22. The van der Waals surface area contributed by atoms with Crippen LogP contribution in [0, 0.1) is 0 Å². The SMILES string of the molecule is CN1CCC(n2ncnn2)CC1. The third-order valence-corrected chi connectivity index (χ3v) is 2.38. The van der Waals surface area contributed by atoms with Crippen LogP contribution in [0.1, 0.15) is 18.9 Å². The first-order valence-electron chi connectivity index (χ1n) is 4.27. The molecule has 0 spiro atoms. The molecule has 12 heavy (non-hydrogen) atoms. The molecule has 0 saturated carbocycles. The van der Waals surface area contributed by atoms with Crippen molar-refractivity contribution in [3.05, 3.63) is 6.33 Å². The van der Waals surface area contributed by atoms with Gasteiger partial charge in [-0.3, -0.25) is 0 Å². The molecule has 0 atom stereocenters. The maximum absolute atomic E-state index is 4.04. The standard InChI is InChI=1S/C7H13N5/c1-11-4-2-7(3-5-11)12-9-6-8-10-12/h6-7H,2-5H2,1H3. The molecule has 66 valence electrons. The smallest absolute Gasteiger partial charge is 0.162 e. The fourth-order valence-corrected chi connectivity index (χ4v) is 1.57. The second kappa shape index (κ2) is 3.18. The van der Waals surface area contributed by atoms with Crippen LogP contribution in [0.2, 0.25) is 0 Å². The molecule has 2 rings (SSSR count). The first-order chi connectivity index (χ1) is 5.86. The lowest BCUT2D eigenvalue weighted by Crippen LogP contribution is -2.32. The summed E-state index contributed by atoms with van der Waals surface area (Å²) in [6, 6.07) is 0.462. The summed E-state index contributed by atoms with van der Waals surface area (Å²) in [5.41, 5.74) is 0. The molecule has 1 saturated heterocycles. The molecule has 0 N–H and O–H groups in total. The van der Waals surface area contributed by atoms with Crippen molar-refractivity contribution in [3.63, 3.8) is 0 Å². The minimum atomic E-state index is 0.462. The molecule has 0 radical (unpaired) electrons. The quantitative estimate of drug-likeness (QED) is 0.588. The van der Waals surface area contributed by atoms with Gasteiger partial charge in [0.25, 0.3) is 0 Å². The second-order valence-electron chi connectivity index (χ2n) is 3.29. The number of hydrogen-bond donors (Lipinski definition) is 0. The highest BCUT2D eigenvalue weighted by Gasteiger charge is 2.19. The largest absolute Gasteiger partial charge is 0.306 e. The molecular weight excluding hydrogens is 154 g/mol. The molecule has 1 aliphatic rings. The van der Waals surface area contributed by atoms with Gasteiger partial charge in [0.15, 0.2) is 6.33 Å². The normalized spacial score (nSPS) is 21.4. The van der Waals surface area contributed by atoms with Gasteiger partial charge in [-0.1, -0.05) is 0 Å². The molecule has 1 aromatic rings. The van der Waals surface area contributed by atoms with E-state index in [1.54, 1.807) is 4.80 Å². The summed E-state index contributed by atoms with van der Waals surface area (Å²) < 4.78 is 0. The minimum absolute atomic E-state index is 0.462. The van der Waals surface area contributed by atoms with Crippen LogP contribution in [0.5, 0.6) is 0 Å². The van der Waals surface area contributed by atoms with Crippen molar-refractivity contribution in [2.24, 2.45) is 0 Å². The molecule has 5 nitrogen and oxygen atoms in total. The predicted molar refractivity (Wildman–Crippen MR) is 43.6 cm³/mol. The van der Waals surface area contributed by atoms with Crippen molar-refractivity contribution in [2.75, 3.05) is 20.1 Å². The van der Waals surface area contributed by atoms with E-state index in [2.05, 4.69) is 27.4 Å². The highest BCUT2D eigenvalue weighted by molar-refractivity contribution is 4.71. The average molecular weight is 167 g/mol. The molecule has 2 heterocycles. The van der Waals surface area contributed by atoms with E-state index in [0.717, 1.165) is 25.9 Å². The van der Waals surface area contributed by atoms with Crippen LogP contribution in [0.3, 0.4) is 0 Å². The second-order valence-corrected chi connectivity index (χ2v) is 3.29. The van der Waals surface area contributed by atoms with Crippen LogP contribution in [-0.4, -0.2) is 45.2 Å². The molecule has 0 aliphatic carbocycles. The monoisotopic (exact) mass is 167 g/mol. The Morgan fingerprint density at radius 1 is 1.33 bits per heavy atom. The molecule has 1 aromatic heterocycles. The number of tetrazole rings is 1. The van der Waals surface area contributed by atoms with E-state index in [4.69, 9.17) is 0 Å². The van der Waals surface area contributed by atoms with Crippen molar-refractivity contribution in [3.8, 4) is 0 Å². The Morgan fingerprint density at radius 3 is 2.67 bits per heavy atom. The summed E-state index contributed by atoms with van der Waals surface area (Å²) in [5.74, 6) is 0. The highest BCUT2D eigenvalue weighted by Crippen LogP contribution is 2.18. The third-order valence-electron chi connectivity index (χ3n) is 2.38. The Morgan fingerprint density at radius 2 is 2.08 bits per heavy atom. The zero-order chi connectivity index (χ0) is 8.39. The van der Waals surface area contributed by atoms with Crippen molar-refractivity contribution in [1.82, 2.24) is 25.1 Å². The van der Waals surface area contributed by atoms with Gasteiger partial charge in [-0.15, -0.1) is 10.2 Å². The fourth-order valence-electron chi connectivity index (χ4n) is 1.57. The predicted octanol–water partition coefficient (Wildman–Crippen LogP) is -0.0602. The Kier molecular flexibility index (Phi) is 2.03. The van der Waals surface area contributed by atoms with Gasteiger partial charge < -0.3 is 4.90 Å². The van der Waals surface area contributed by atoms with Crippen LogP contribution in [0.4, 0.5) is 0 Å². The Hall–Kier alpha value is -0.970. The van der Waals surface area contributed by atoms with Crippen molar-refractivity contribution >= 4 is 0 Å². The fraction of sp³-hybridized carbons (Fsp3) is 0.857. The first kappa shape index (κ1) is 7.67. The molecule has 1 fully saturated rings. The van der Waals surface area contributed by atoms with Crippen molar-refractivity contribution < 1.29 is 0 Å². The van der Waals surface area contributed by atoms with E-state index < -0.39 is 0 Å². The van der Waals surface area contributed by atoms with Gasteiger partial charge in [0.2, 0.25) is 0 Å². The molecule has 0 unspecified atom stereocenters. The van der Waals surface area contributed by atoms with Gasteiger partial charge >= 0.3 is 0 Å². The molecule has 1 aliphatic heterocycles. The van der Waals surface area contributed by atoms with Gasteiger partial charge in [-0.05, 0) is 38.2 Å². The lowest BCUT2D eigenvalue weighted by atomic mass is 10.1. The Bertz CT molecular complexity index is 224.